The Morgan fingerprint density at radius 2 is 1.83 bits per heavy atom. The van der Waals surface area contributed by atoms with Gasteiger partial charge in [0.2, 0.25) is 0 Å². The number of hydrogen-bond acceptors (Lipinski definition) is 6. The highest BCUT2D eigenvalue weighted by Gasteiger charge is 2.36. The number of alkyl halides is 3. The van der Waals surface area contributed by atoms with Crippen LogP contribution in [0.1, 0.15) is 40.5 Å². The van der Waals surface area contributed by atoms with Crippen LogP contribution in [-0.4, -0.2) is 35.4 Å². The first-order valence-corrected chi connectivity index (χ1v) is 9.68. The van der Waals surface area contributed by atoms with E-state index in [1.807, 2.05) is 6.07 Å². The van der Waals surface area contributed by atoms with Crippen molar-refractivity contribution in [3.8, 4) is 17.6 Å². The Hall–Kier alpha value is -4.25. The Labute approximate surface area is 202 Å². The van der Waals surface area contributed by atoms with Crippen LogP contribution in [0.4, 0.5) is 17.6 Å². The minimum atomic E-state index is -4.80. The van der Waals surface area contributed by atoms with Crippen molar-refractivity contribution in [1.82, 2.24) is 34.8 Å². The van der Waals surface area contributed by atoms with Crippen LogP contribution in [-0.2, 0) is 6.18 Å². The number of amides is 1. The number of halogens is 4. The Kier molecular flexibility index (Phi) is 7.20. The van der Waals surface area contributed by atoms with Crippen LogP contribution in [0, 0.1) is 17.1 Å². The molecule has 1 atom stereocenters. The molecule has 4 rings (SSSR count). The molecular formula is C21H16F4N8OS. The van der Waals surface area contributed by atoms with Crippen molar-refractivity contribution >= 4 is 19.4 Å². The van der Waals surface area contributed by atoms with E-state index in [0.29, 0.717) is 17.4 Å². The molecule has 0 fully saturated rings. The van der Waals surface area contributed by atoms with Crippen molar-refractivity contribution in [1.29, 1.82) is 5.26 Å². The number of nitrogens with zero attached hydrogens (tertiary/aromatic N) is 7. The summed E-state index contributed by atoms with van der Waals surface area (Å²) in [6.45, 7) is 1.56. The van der Waals surface area contributed by atoms with Gasteiger partial charge in [-0.2, -0.15) is 46.8 Å². The van der Waals surface area contributed by atoms with E-state index in [-0.39, 0.29) is 25.0 Å². The lowest BCUT2D eigenvalue weighted by Gasteiger charge is -2.15. The SMILES string of the molecule is C[C@@H](NC(=O)c1cc(C(F)(F)F)nn1-c1ccc(F)cc1)c1ncnn1-c1ccc(C#N)cn1.S. The molecule has 1 N–H and O–H groups in total. The van der Waals surface area contributed by atoms with E-state index in [4.69, 9.17) is 5.26 Å². The van der Waals surface area contributed by atoms with Crippen molar-refractivity contribution in [2.75, 3.05) is 0 Å². The highest BCUT2D eigenvalue weighted by Crippen LogP contribution is 2.30. The number of hydrogen-bond donors (Lipinski definition) is 1. The summed E-state index contributed by atoms with van der Waals surface area (Å²) in [6.07, 6.45) is -2.24. The van der Waals surface area contributed by atoms with E-state index in [0.717, 1.165) is 16.8 Å². The van der Waals surface area contributed by atoms with E-state index in [9.17, 15) is 22.4 Å². The molecule has 1 aromatic carbocycles. The Bertz CT molecular complexity index is 1370. The van der Waals surface area contributed by atoms with Crippen molar-refractivity contribution < 1.29 is 22.4 Å². The molecule has 3 heterocycles. The number of rotatable bonds is 5. The number of carbonyl (C=O) groups excluding carboxylic acids is 1. The van der Waals surface area contributed by atoms with Crippen LogP contribution in [0.3, 0.4) is 0 Å². The van der Waals surface area contributed by atoms with Gasteiger partial charge in [-0.1, -0.05) is 0 Å². The standard InChI is InChI=1S/C21H14F4N8O.H2S/c1-12(19-28-11-29-33(19)18-7-2-13(9-26)10-27-18)30-20(34)16-8-17(21(23,24)25)31-32(16)15-5-3-14(22)4-6-15;/h2-8,10-12H,1H3,(H,30,34);1H2/t12-;/m1./s1. The molecule has 0 radical (unpaired) electrons. The lowest BCUT2D eigenvalue weighted by Crippen LogP contribution is -2.30. The zero-order valence-electron chi connectivity index (χ0n) is 17.8. The fourth-order valence-electron chi connectivity index (χ4n) is 3.10. The van der Waals surface area contributed by atoms with Crippen LogP contribution in [0.15, 0.2) is 55.0 Å². The fraction of sp³-hybridized carbons (Fsp3) is 0.143. The summed E-state index contributed by atoms with van der Waals surface area (Å²) < 4.78 is 55.3. The van der Waals surface area contributed by atoms with E-state index in [1.54, 1.807) is 6.92 Å². The number of nitriles is 1. The average molecular weight is 504 g/mol. The second kappa shape index (κ2) is 9.94. The molecule has 0 spiro atoms. The quantitative estimate of drug-likeness (QED) is 0.416. The molecule has 0 aliphatic rings. The lowest BCUT2D eigenvalue weighted by molar-refractivity contribution is -0.141. The normalized spacial score (nSPS) is 11.9. The molecule has 4 aromatic rings. The zero-order valence-corrected chi connectivity index (χ0v) is 18.8. The highest BCUT2D eigenvalue weighted by atomic mass is 32.1. The van der Waals surface area contributed by atoms with Gasteiger partial charge in [-0.05, 0) is 43.3 Å². The molecular weight excluding hydrogens is 488 g/mol. The highest BCUT2D eigenvalue weighted by molar-refractivity contribution is 7.59. The second-order valence-electron chi connectivity index (χ2n) is 7.04. The predicted octanol–water partition coefficient (Wildman–Crippen LogP) is 3.48. The molecule has 3 aromatic heterocycles. The van der Waals surface area contributed by atoms with Crippen molar-refractivity contribution in [3.63, 3.8) is 0 Å². The molecule has 180 valence electrons. The minimum absolute atomic E-state index is 0. The van der Waals surface area contributed by atoms with Crippen molar-refractivity contribution in [2.45, 2.75) is 19.1 Å². The lowest BCUT2D eigenvalue weighted by atomic mass is 10.2. The average Bonchev–Trinajstić information content (AvgIpc) is 3.47. The van der Waals surface area contributed by atoms with Crippen LogP contribution in [0.25, 0.3) is 11.5 Å². The monoisotopic (exact) mass is 504 g/mol. The molecule has 0 saturated carbocycles. The number of pyridine rings is 1. The largest absolute Gasteiger partial charge is 0.435 e. The molecule has 0 bridgehead atoms. The number of aromatic nitrogens is 6. The van der Waals surface area contributed by atoms with Gasteiger partial charge < -0.3 is 5.32 Å². The van der Waals surface area contributed by atoms with Crippen LogP contribution in [0.2, 0.25) is 0 Å². The van der Waals surface area contributed by atoms with Crippen molar-refractivity contribution in [2.24, 2.45) is 0 Å². The van der Waals surface area contributed by atoms with Gasteiger partial charge in [0.15, 0.2) is 17.3 Å². The van der Waals surface area contributed by atoms with Gasteiger partial charge in [0.1, 0.15) is 23.9 Å². The summed E-state index contributed by atoms with van der Waals surface area (Å²) in [5.41, 5.74) is -1.28. The first-order chi connectivity index (χ1) is 16.2. The predicted molar refractivity (Wildman–Crippen MR) is 119 cm³/mol. The molecule has 0 aliphatic heterocycles. The van der Waals surface area contributed by atoms with Crippen LogP contribution in [0.5, 0.6) is 0 Å². The van der Waals surface area contributed by atoms with E-state index >= 15 is 0 Å². The third kappa shape index (κ3) is 5.30. The summed E-state index contributed by atoms with van der Waals surface area (Å²) >= 11 is 0. The van der Waals surface area contributed by atoms with Gasteiger partial charge in [-0.25, -0.2) is 19.0 Å². The first-order valence-electron chi connectivity index (χ1n) is 9.68. The van der Waals surface area contributed by atoms with Gasteiger partial charge in [-0.3, -0.25) is 4.79 Å². The summed E-state index contributed by atoms with van der Waals surface area (Å²) in [7, 11) is 0. The molecule has 0 aliphatic carbocycles. The smallest absolute Gasteiger partial charge is 0.341 e. The number of carbonyl (C=O) groups is 1. The van der Waals surface area contributed by atoms with E-state index < -0.39 is 35.3 Å². The van der Waals surface area contributed by atoms with E-state index in [2.05, 4.69) is 25.5 Å². The molecule has 0 unspecified atom stereocenters. The Morgan fingerprint density at radius 1 is 1.11 bits per heavy atom. The maximum atomic E-state index is 13.3. The molecule has 9 nitrogen and oxygen atoms in total. The fourth-order valence-corrected chi connectivity index (χ4v) is 3.10. The number of nitrogens with one attached hydrogen (secondary N) is 1. The molecule has 0 saturated heterocycles. The third-order valence-electron chi connectivity index (χ3n) is 4.71. The van der Waals surface area contributed by atoms with Gasteiger partial charge in [0, 0.05) is 12.3 Å². The minimum Gasteiger partial charge on any atom is -0.341 e. The maximum Gasteiger partial charge on any atom is 0.435 e. The summed E-state index contributed by atoms with van der Waals surface area (Å²) in [5.74, 6) is -0.901. The summed E-state index contributed by atoms with van der Waals surface area (Å²) in [5, 5.41) is 19.0. The van der Waals surface area contributed by atoms with Crippen molar-refractivity contribution in [3.05, 3.63) is 83.6 Å². The van der Waals surface area contributed by atoms with Gasteiger partial charge in [-0.15, -0.1) is 0 Å². The van der Waals surface area contributed by atoms with Crippen LogP contribution >= 0.6 is 13.5 Å². The third-order valence-corrected chi connectivity index (χ3v) is 4.71. The maximum absolute atomic E-state index is 13.3. The molecule has 1 amide bonds. The van der Waals surface area contributed by atoms with Gasteiger partial charge in [0.25, 0.3) is 5.91 Å². The Morgan fingerprint density at radius 3 is 2.43 bits per heavy atom. The second-order valence-corrected chi connectivity index (χ2v) is 7.04. The Balaban J connectivity index is 0.00000342. The topological polar surface area (TPSA) is 114 Å². The molecule has 14 heteroatoms. The van der Waals surface area contributed by atoms with Gasteiger partial charge in [0.05, 0.1) is 17.3 Å². The zero-order chi connectivity index (χ0) is 24.5. The summed E-state index contributed by atoms with van der Waals surface area (Å²) in [4.78, 5) is 21.2. The van der Waals surface area contributed by atoms with Crippen LogP contribution < -0.4 is 5.32 Å². The van der Waals surface area contributed by atoms with E-state index in [1.165, 1.54) is 41.5 Å². The summed E-state index contributed by atoms with van der Waals surface area (Å²) in [6, 6.07) is 9.30. The van der Waals surface area contributed by atoms with Gasteiger partial charge >= 0.3 is 6.18 Å². The first kappa shape index (κ1) is 25.4. The number of benzene rings is 1. The molecule has 35 heavy (non-hydrogen) atoms.